The van der Waals surface area contributed by atoms with Crippen LogP contribution in [-0.4, -0.2) is 41.3 Å². The molecule has 6 heteroatoms. The van der Waals surface area contributed by atoms with Crippen LogP contribution in [0, 0.1) is 23.7 Å². The molecular weight excluding hydrogens is 496 g/mol. The Morgan fingerprint density at radius 3 is 2.55 bits per heavy atom. The summed E-state index contributed by atoms with van der Waals surface area (Å²) in [5.74, 6) is 0.433. The quantitative estimate of drug-likeness (QED) is 0.118. The molecule has 40 heavy (non-hydrogen) atoms. The highest BCUT2D eigenvalue weighted by Gasteiger charge is 2.44. The third-order valence-electron chi connectivity index (χ3n) is 9.43. The first-order valence-corrected chi connectivity index (χ1v) is 15.1. The van der Waals surface area contributed by atoms with Gasteiger partial charge in [0.15, 0.2) is 0 Å². The van der Waals surface area contributed by atoms with Gasteiger partial charge in [-0.05, 0) is 101 Å². The zero-order valence-corrected chi connectivity index (χ0v) is 24.9. The van der Waals surface area contributed by atoms with Crippen molar-refractivity contribution >= 4 is 23.2 Å². The van der Waals surface area contributed by atoms with E-state index < -0.39 is 0 Å². The zero-order chi connectivity index (χ0) is 28.8. The van der Waals surface area contributed by atoms with Crippen molar-refractivity contribution in [2.24, 2.45) is 16.7 Å². The Hall–Kier alpha value is -2.99. The number of nitrogens with zero attached hydrogens (tertiary/aromatic N) is 2. The number of rotatable bonds is 13. The van der Waals surface area contributed by atoms with Crippen LogP contribution < -0.4 is 10.6 Å². The van der Waals surface area contributed by atoms with E-state index >= 15 is 0 Å². The van der Waals surface area contributed by atoms with E-state index in [-0.39, 0.29) is 11.8 Å². The number of carbonyl (C=O) groups is 2. The molecule has 1 spiro atoms. The molecule has 3 fully saturated rings. The number of carbonyl (C=O) groups excluding carboxylic acids is 2. The number of amides is 2. The number of pyridine rings is 1. The number of aryl methyl sites for hydroxylation is 1. The van der Waals surface area contributed by atoms with E-state index in [0.29, 0.717) is 46.4 Å². The molecule has 1 aromatic heterocycles. The van der Waals surface area contributed by atoms with Gasteiger partial charge in [-0.2, -0.15) is 0 Å². The van der Waals surface area contributed by atoms with Crippen molar-refractivity contribution in [3.05, 3.63) is 66.6 Å². The summed E-state index contributed by atoms with van der Waals surface area (Å²) < 4.78 is 0. The lowest BCUT2D eigenvalue weighted by molar-refractivity contribution is -0.118. The first-order valence-electron chi connectivity index (χ1n) is 15.1. The predicted octanol–water partition coefficient (Wildman–Crippen LogP) is 7.36. The lowest BCUT2D eigenvalue weighted by Gasteiger charge is -2.47. The van der Waals surface area contributed by atoms with E-state index in [9.17, 15) is 9.59 Å². The van der Waals surface area contributed by atoms with Gasteiger partial charge in [0.1, 0.15) is 0 Å². The van der Waals surface area contributed by atoms with E-state index in [1.807, 2.05) is 19.1 Å². The topological polar surface area (TPSA) is 74.3 Å². The van der Waals surface area contributed by atoms with Crippen LogP contribution in [0.3, 0.4) is 0 Å². The highest BCUT2D eigenvalue weighted by molar-refractivity contribution is 6.04. The number of unbranched alkanes of at least 4 members (excludes halogenated alkanes) is 1. The number of hydrogen-bond donors (Lipinski definition) is 2. The van der Waals surface area contributed by atoms with Crippen LogP contribution in [0.4, 0.5) is 11.4 Å². The van der Waals surface area contributed by atoms with Crippen LogP contribution in [0.2, 0.25) is 0 Å². The van der Waals surface area contributed by atoms with Gasteiger partial charge in [-0.15, -0.1) is 6.58 Å². The predicted molar refractivity (Wildman–Crippen MR) is 165 cm³/mol. The van der Waals surface area contributed by atoms with Gasteiger partial charge in [-0.1, -0.05) is 56.7 Å². The van der Waals surface area contributed by atoms with Crippen molar-refractivity contribution in [1.29, 1.82) is 0 Å². The normalized spacial score (nSPS) is 24.0. The number of aromatic nitrogens is 1. The molecule has 1 saturated heterocycles. The fourth-order valence-electron chi connectivity index (χ4n) is 6.03. The van der Waals surface area contributed by atoms with E-state index in [1.165, 1.54) is 44.1 Å². The molecule has 216 valence electrons. The minimum absolute atomic E-state index is 0.0477. The fraction of sp³-hybridized carbons (Fsp3) is 0.559. The Kier molecular flexibility index (Phi) is 9.83. The number of anilines is 2. The smallest absolute Gasteiger partial charge is 0.251 e. The van der Waals surface area contributed by atoms with Crippen molar-refractivity contribution in [3.63, 3.8) is 0 Å². The first kappa shape index (κ1) is 30.0. The maximum atomic E-state index is 12.9. The van der Waals surface area contributed by atoms with Crippen LogP contribution in [0.1, 0.15) is 83.7 Å². The molecule has 4 rings (SSSR count). The molecule has 2 N–H and O–H groups in total. The van der Waals surface area contributed by atoms with Crippen molar-refractivity contribution in [2.45, 2.75) is 85.0 Å². The van der Waals surface area contributed by atoms with E-state index in [1.54, 1.807) is 12.3 Å². The summed E-state index contributed by atoms with van der Waals surface area (Å²) >= 11 is 0. The Balaban J connectivity index is 1.27. The highest BCUT2D eigenvalue weighted by Crippen LogP contribution is 2.53. The van der Waals surface area contributed by atoms with Crippen LogP contribution in [-0.2, 0) is 9.59 Å². The second-order valence-corrected chi connectivity index (χ2v) is 12.7. The summed E-state index contributed by atoms with van der Waals surface area (Å²) in [5, 5.41) is 5.90. The van der Waals surface area contributed by atoms with Gasteiger partial charge in [0.05, 0.1) is 29.8 Å². The zero-order valence-electron chi connectivity index (χ0n) is 24.9. The molecule has 2 aliphatic carbocycles. The van der Waals surface area contributed by atoms with Crippen molar-refractivity contribution < 1.29 is 9.59 Å². The molecule has 0 radical (unpaired) electrons. The highest BCUT2D eigenvalue weighted by atomic mass is 16.2. The van der Waals surface area contributed by atoms with Crippen LogP contribution in [0.25, 0.3) is 0 Å². The maximum absolute atomic E-state index is 12.9. The SMILES string of the molecule is C=CCCCC(/C=C\CC(=C)C(=O)Nc1cc(NC(=O)CN2CCC3(CCC3)CC2)cnc1C)=C/C1(C)CC1C. The Morgan fingerprint density at radius 1 is 1.20 bits per heavy atom. The first-order chi connectivity index (χ1) is 19.1. The summed E-state index contributed by atoms with van der Waals surface area (Å²) in [5.41, 5.74) is 4.52. The van der Waals surface area contributed by atoms with Crippen LogP contribution >= 0.6 is 0 Å². The van der Waals surface area contributed by atoms with Gasteiger partial charge in [0.25, 0.3) is 5.91 Å². The third-order valence-corrected chi connectivity index (χ3v) is 9.43. The molecule has 2 heterocycles. The number of likely N-dealkylation sites (tertiary alicyclic amines) is 1. The third kappa shape index (κ3) is 8.03. The summed E-state index contributed by atoms with van der Waals surface area (Å²) in [7, 11) is 0. The average Bonchev–Trinajstić information content (AvgIpc) is 3.50. The fourth-order valence-corrected chi connectivity index (χ4v) is 6.03. The molecule has 6 nitrogen and oxygen atoms in total. The summed E-state index contributed by atoms with van der Waals surface area (Å²) in [6.45, 7) is 16.7. The Bertz CT molecular complexity index is 1170. The van der Waals surface area contributed by atoms with E-state index in [4.69, 9.17) is 0 Å². The number of hydrogen-bond acceptors (Lipinski definition) is 4. The largest absolute Gasteiger partial charge is 0.324 e. The minimum Gasteiger partial charge on any atom is -0.324 e. The van der Waals surface area contributed by atoms with E-state index in [2.05, 4.69) is 59.7 Å². The van der Waals surface area contributed by atoms with Gasteiger partial charge >= 0.3 is 0 Å². The monoisotopic (exact) mass is 544 g/mol. The summed E-state index contributed by atoms with van der Waals surface area (Å²) in [6, 6.07) is 1.78. The Morgan fingerprint density at radius 2 is 1.93 bits per heavy atom. The standard InChI is InChI=1S/C34H48N4O2/c1-6-7-8-12-28(22-33(5)21-26(33)3)13-9-11-25(2)32(40)37-30-20-29(23-35-27(30)4)36-31(39)24-38-18-16-34(17-19-38)14-10-15-34/h6,9,13,20,22-23,26H,1-2,7-8,10-12,14-19,21,24H2,3-5H3,(H,36,39)(H,37,40)/b13-9-,28-22-. The van der Waals surface area contributed by atoms with Gasteiger partial charge in [0.2, 0.25) is 5.91 Å². The van der Waals surface area contributed by atoms with E-state index in [0.717, 1.165) is 38.3 Å². The summed E-state index contributed by atoms with van der Waals surface area (Å²) in [6.07, 6.45) is 21.4. The summed E-state index contributed by atoms with van der Waals surface area (Å²) in [4.78, 5) is 32.3. The van der Waals surface area contributed by atoms with Crippen molar-refractivity contribution in [3.8, 4) is 0 Å². The van der Waals surface area contributed by atoms with Crippen LogP contribution in [0.5, 0.6) is 0 Å². The lowest BCUT2D eigenvalue weighted by atomic mass is 9.63. The Labute approximate surface area is 241 Å². The average molecular weight is 545 g/mol. The molecule has 3 aliphatic rings. The second-order valence-electron chi connectivity index (χ2n) is 12.7. The molecule has 0 bridgehead atoms. The van der Waals surface area contributed by atoms with Gasteiger partial charge in [-0.3, -0.25) is 19.5 Å². The molecule has 1 aromatic rings. The van der Waals surface area contributed by atoms with Crippen LogP contribution in [0.15, 0.2) is 60.9 Å². The maximum Gasteiger partial charge on any atom is 0.251 e. The number of piperidine rings is 1. The van der Waals surface area contributed by atoms with Gasteiger partial charge < -0.3 is 10.6 Å². The minimum atomic E-state index is -0.240. The molecule has 2 amide bonds. The number of nitrogens with one attached hydrogen (secondary N) is 2. The van der Waals surface area contributed by atoms with Gasteiger partial charge in [-0.25, -0.2) is 0 Å². The molecule has 2 atom stereocenters. The molecular formula is C34H48N4O2. The molecule has 2 saturated carbocycles. The number of allylic oxidation sites excluding steroid dienone is 5. The molecule has 0 aromatic carbocycles. The van der Waals surface area contributed by atoms with Crippen molar-refractivity contribution in [1.82, 2.24) is 9.88 Å². The van der Waals surface area contributed by atoms with Gasteiger partial charge in [0, 0.05) is 5.57 Å². The molecule has 1 aliphatic heterocycles. The molecule has 2 unspecified atom stereocenters. The van der Waals surface area contributed by atoms with Crippen molar-refractivity contribution in [2.75, 3.05) is 30.3 Å². The lowest BCUT2D eigenvalue weighted by Crippen LogP contribution is -2.45. The second kappa shape index (κ2) is 13.1.